The Morgan fingerprint density at radius 1 is 1.09 bits per heavy atom. The van der Waals surface area contributed by atoms with Crippen molar-refractivity contribution in [3.8, 4) is 11.4 Å². The largest absolute Gasteiger partial charge is 0.494 e. The van der Waals surface area contributed by atoms with Crippen LogP contribution in [0.15, 0.2) is 54.9 Å². The number of urea groups is 1. The maximum Gasteiger partial charge on any atom is 0.416 e. The lowest BCUT2D eigenvalue weighted by molar-refractivity contribution is -0.137. The van der Waals surface area contributed by atoms with E-state index >= 15 is 0 Å². The summed E-state index contributed by atoms with van der Waals surface area (Å²) >= 11 is 0. The number of ether oxygens (including phenoxy) is 1. The molecule has 0 spiro atoms. The van der Waals surface area contributed by atoms with Crippen molar-refractivity contribution in [3.63, 3.8) is 0 Å². The fourth-order valence-corrected chi connectivity index (χ4v) is 3.66. The number of carbonyl (C=O) groups excluding carboxylic acids is 2. The van der Waals surface area contributed by atoms with Crippen molar-refractivity contribution in [2.45, 2.75) is 31.5 Å². The zero-order valence-corrected chi connectivity index (χ0v) is 18.1. The van der Waals surface area contributed by atoms with Gasteiger partial charge < -0.3 is 10.1 Å². The molecule has 1 fully saturated rings. The highest BCUT2D eigenvalue weighted by molar-refractivity contribution is 6.07. The molecule has 1 saturated heterocycles. The van der Waals surface area contributed by atoms with Gasteiger partial charge in [0.05, 0.1) is 17.9 Å². The number of hydrogen-bond donors (Lipinski definition) is 1. The fourth-order valence-electron chi connectivity index (χ4n) is 3.66. The number of nitrogens with one attached hydrogen (secondary N) is 1. The van der Waals surface area contributed by atoms with Crippen LogP contribution in [0.4, 0.5) is 18.0 Å². The third-order valence-electron chi connectivity index (χ3n) is 5.52. The molecule has 3 aromatic rings. The molecule has 1 N–H and O–H groups in total. The number of imide groups is 1. The number of aromatic nitrogens is 4. The van der Waals surface area contributed by atoms with Gasteiger partial charge in [-0.3, -0.25) is 9.69 Å². The molecule has 0 radical (unpaired) electrons. The summed E-state index contributed by atoms with van der Waals surface area (Å²) in [4.78, 5) is 26.8. The van der Waals surface area contributed by atoms with Crippen LogP contribution in [-0.2, 0) is 16.5 Å². The third-order valence-corrected chi connectivity index (χ3v) is 5.52. The van der Waals surface area contributed by atoms with Gasteiger partial charge in [-0.15, -0.1) is 5.10 Å². The summed E-state index contributed by atoms with van der Waals surface area (Å²) in [6.07, 6.45) is -2.15. The number of amides is 3. The Labute approximate surface area is 192 Å². The zero-order valence-electron chi connectivity index (χ0n) is 18.1. The minimum Gasteiger partial charge on any atom is -0.494 e. The van der Waals surface area contributed by atoms with Gasteiger partial charge >= 0.3 is 12.2 Å². The Morgan fingerprint density at radius 2 is 1.88 bits per heavy atom. The van der Waals surface area contributed by atoms with E-state index in [1.807, 2.05) is 0 Å². The molecular formula is C22H21F3N6O3. The molecule has 0 bridgehead atoms. The molecule has 3 amide bonds. The highest BCUT2D eigenvalue weighted by Crippen LogP contribution is 2.32. The molecule has 34 heavy (non-hydrogen) atoms. The second-order valence-electron chi connectivity index (χ2n) is 7.90. The van der Waals surface area contributed by atoms with Gasteiger partial charge in [-0.05, 0) is 66.1 Å². The van der Waals surface area contributed by atoms with E-state index in [0.29, 0.717) is 24.1 Å². The Hall–Kier alpha value is -3.96. The number of rotatable bonds is 8. The van der Waals surface area contributed by atoms with Gasteiger partial charge in [0.1, 0.15) is 17.6 Å². The van der Waals surface area contributed by atoms with Crippen LogP contribution in [0.1, 0.15) is 30.9 Å². The van der Waals surface area contributed by atoms with Crippen LogP contribution in [0.2, 0.25) is 0 Å². The van der Waals surface area contributed by atoms with E-state index in [9.17, 15) is 22.8 Å². The molecule has 1 aromatic heterocycles. The summed E-state index contributed by atoms with van der Waals surface area (Å²) in [5.74, 6) is -0.287. The van der Waals surface area contributed by atoms with Gasteiger partial charge in [-0.1, -0.05) is 18.2 Å². The number of benzene rings is 2. The van der Waals surface area contributed by atoms with Gasteiger partial charge in [0.15, 0.2) is 0 Å². The summed E-state index contributed by atoms with van der Waals surface area (Å²) in [5, 5.41) is 13.8. The number of alkyl halides is 3. The number of nitrogens with zero attached hydrogens (tertiary/aromatic N) is 5. The van der Waals surface area contributed by atoms with E-state index < -0.39 is 29.2 Å². The van der Waals surface area contributed by atoms with E-state index in [-0.39, 0.29) is 18.9 Å². The average molecular weight is 474 g/mol. The van der Waals surface area contributed by atoms with Crippen LogP contribution in [0.5, 0.6) is 5.75 Å². The van der Waals surface area contributed by atoms with Crippen molar-refractivity contribution in [1.82, 2.24) is 30.4 Å². The van der Waals surface area contributed by atoms with Gasteiger partial charge in [0.25, 0.3) is 5.91 Å². The van der Waals surface area contributed by atoms with E-state index in [1.165, 1.54) is 23.1 Å². The van der Waals surface area contributed by atoms with Crippen LogP contribution in [0.3, 0.4) is 0 Å². The first kappa shape index (κ1) is 23.2. The highest BCUT2D eigenvalue weighted by atomic mass is 19.4. The monoisotopic (exact) mass is 474 g/mol. The van der Waals surface area contributed by atoms with Crippen LogP contribution >= 0.6 is 0 Å². The maximum atomic E-state index is 13.1. The lowest BCUT2D eigenvalue weighted by atomic mass is 9.91. The van der Waals surface area contributed by atoms with Crippen molar-refractivity contribution in [1.29, 1.82) is 0 Å². The van der Waals surface area contributed by atoms with Crippen LogP contribution in [0.25, 0.3) is 5.69 Å². The quantitative estimate of drug-likeness (QED) is 0.397. The van der Waals surface area contributed by atoms with Crippen LogP contribution < -0.4 is 10.1 Å². The van der Waals surface area contributed by atoms with Crippen molar-refractivity contribution in [3.05, 3.63) is 66.0 Å². The summed E-state index contributed by atoms with van der Waals surface area (Å²) in [6.45, 7) is 1.93. The number of unbranched alkanes of at least 4 members (excludes halogenated alkanes) is 1. The molecule has 0 aliphatic carbocycles. The first-order valence-corrected chi connectivity index (χ1v) is 10.5. The molecule has 4 rings (SSSR count). The molecule has 1 atom stereocenters. The summed E-state index contributed by atoms with van der Waals surface area (Å²) in [7, 11) is 0. The zero-order chi connectivity index (χ0) is 24.3. The van der Waals surface area contributed by atoms with Crippen LogP contribution in [0, 0.1) is 0 Å². The van der Waals surface area contributed by atoms with Gasteiger partial charge in [-0.25, -0.2) is 9.48 Å². The third kappa shape index (κ3) is 4.70. The van der Waals surface area contributed by atoms with Gasteiger partial charge in [-0.2, -0.15) is 13.2 Å². The fraction of sp³-hybridized carbons (Fsp3) is 0.318. The molecule has 2 heterocycles. The molecule has 2 aromatic carbocycles. The van der Waals surface area contributed by atoms with Crippen molar-refractivity contribution < 1.29 is 27.5 Å². The highest BCUT2D eigenvalue weighted by Gasteiger charge is 2.48. The SMILES string of the molecule is CC1(c2cccc(-n3cnnn3)c2)NC(=O)N(CCCCOc2cccc(C(F)(F)F)c2)C1=O. The Morgan fingerprint density at radius 3 is 2.62 bits per heavy atom. The second kappa shape index (κ2) is 9.12. The summed E-state index contributed by atoms with van der Waals surface area (Å²) in [6, 6.07) is 11.1. The van der Waals surface area contributed by atoms with Crippen molar-refractivity contribution in [2.75, 3.05) is 13.2 Å². The minimum atomic E-state index is -4.44. The van der Waals surface area contributed by atoms with Crippen molar-refractivity contribution >= 4 is 11.9 Å². The topological polar surface area (TPSA) is 102 Å². The normalized spacial score (nSPS) is 18.3. The van der Waals surface area contributed by atoms with Crippen molar-refractivity contribution in [2.24, 2.45) is 0 Å². The molecule has 178 valence electrons. The molecule has 9 nitrogen and oxygen atoms in total. The standard InChI is InChI=1S/C22H21F3N6O3/c1-21(15-6-4-8-17(12-15)31-14-26-28-29-31)19(32)30(20(33)27-21)10-2-3-11-34-18-9-5-7-16(13-18)22(23,24)25/h4-9,12-14H,2-3,10-11H2,1H3,(H,27,33). The van der Waals surface area contributed by atoms with Gasteiger partial charge in [0, 0.05) is 6.54 Å². The van der Waals surface area contributed by atoms with E-state index in [1.54, 1.807) is 31.2 Å². The Balaban J connectivity index is 1.33. The smallest absolute Gasteiger partial charge is 0.416 e. The summed E-state index contributed by atoms with van der Waals surface area (Å²) in [5.41, 5.74) is -0.826. The molecule has 0 saturated carbocycles. The van der Waals surface area contributed by atoms with E-state index in [2.05, 4.69) is 20.8 Å². The Kier molecular flexibility index (Phi) is 6.22. The minimum absolute atomic E-state index is 0.111. The molecule has 1 aliphatic rings. The number of carbonyl (C=O) groups is 2. The first-order chi connectivity index (χ1) is 16.2. The maximum absolute atomic E-state index is 13.1. The molecule has 12 heteroatoms. The lowest BCUT2D eigenvalue weighted by Crippen LogP contribution is -2.41. The van der Waals surface area contributed by atoms with Gasteiger partial charge in [0.2, 0.25) is 0 Å². The average Bonchev–Trinajstić information content (AvgIpc) is 3.42. The number of tetrazole rings is 1. The molecule has 1 aliphatic heterocycles. The number of halogens is 3. The van der Waals surface area contributed by atoms with Crippen LogP contribution in [-0.4, -0.2) is 50.2 Å². The molecule has 1 unspecified atom stereocenters. The van der Waals surface area contributed by atoms with E-state index in [4.69, 9.17) is 4.74 Å². The molecular weight excluding hydrogens is 453 g/mol. The Bertz CT molecular complexity index is 1180. The predicted octanol–water partition coefficient (Wildman–Crippen LogP) is 3.31. The van der Waals surface area contributed by atoms with E-state index in [0.717, 1.165) is 17.0 Å². The summed E-state index contributed by atoms with van der Waals surface area (Å²) < 4.78 is 45.2. The second-order valence-corrected chi connectivity index (χ2v) is 7.90. The predicted molar refractivity (Wildman–Crippen MR) is 113 cm³/mol. The lowest BCUT2D eigenvalue weighted by Gasteiger charge is -2.22. The first-order valence-electron chi connectivity index (χ1n) is 10.5. The number of hydrogen-bond acceptors (Lipinski definition) is 6.